The quantitative estimate of drug-likeness (QED) is 0.142. The molecule has 0 aliphatic rings. The minimum Gasteiger partial charge on any atom is -0.462 e. The summed E-state index contributed by atoms with van der Waals surface area (Å²) in [5.41, 5.74) is 0. The van der Waals surface area contributed by atoms with Crippen molar-refractivity contribution in [3.8, 4) is 0 Å². The third-order valence-electron chi connectivity index (χ3n) is 3.18. The van der Waals surface area contributed by atoms with Crippen LogP contribution in [0.2, 0.25) is 0 Å². The molecule has 4 N–H and O–H groups in total. The molecule has 0 aromatic carbocycles. The van der Waals surface area contributed by atoms with Gasteiger partial charge >= 0.3 is 27.6 Å². The zero-order valence-electron chi connectivity index (χ0n) is 15.4. The number of carbonyl (C=O) groups is 2. The van der Waals surface area contributed by atoms with E-state index >= 15 is 0 Å². The molecule has 0 aliphatic carbocycles. The van der Waals surface area contributed by atoms with Crippen molar-refractivity contribution in [3.05, 3.63) is 0 Å². The van der Waals surface area contributed by atoms with E-state index in [2.05, 4.69) is 9.05 Å². The molecule has 0 aromatic rings. The van der Waals surface area contributed by atoms with Crippen molar-refractivity contribution in [2.24, 2.45) is 0 Å². The Morgan fingerprint density at radius 2 is 0.929 bits per heavy atom. The van der Waals surface area contributed by atoms with E-state index in [1.54, 1.807) is 0 Å². The Hall–Kier alpha value is -0.840. The van der Waals surface area contributed by atoms with Crippen LogP contribution in [0.5, 0.6) is 0 Å². The van der Waals surface area contributed by atoms with Crippen LogP contribution in [0.4, 0.5) is 0 Å². The van der Waals surface area contributed by atoms with Crippen LogP contribution >= 0.6 is 15.6 Å². The van der Waals surface area contributed by atoms with Crippen LogP contribution in [0.15, 0.2) is 0 Å². The Bertz CT molecular complexity index is 492. The fraction of sp³-hybridized carbons (Fsp3) is 0.857. The van der Waals surface area contributed by atoms with E-state index in [0.29, 0.717) is 38.5 Å². The summed E-state index contributed by atoms with van der Waals surface area (Å²) in [7, 11) is -8.89. The lowest BCUT2D eigenvalue weighted by Crippen LogP contribution is -2.13. The summed E-state index contributed by atoms with van der Waals surface area (Å²) in [6.45, 7) is -0.317. The molecule has 28 heavy (non-hydrogen) atoms. The van der Waals surface area contributed by atoms with Crippen LogP contribution in [0.3, 0.4) is 0 Å². The van der Waals surface area contributed by atoms with Gasteiger partial charge in [0.2, 0.25) is 0 Å². The molecule has 0 aromatic heterocycles. The van der Waals surface area contributed by atoms with Gasteiger partial charge < -0.3 is 29.0 Å². The van der Waals surface area contributed by atoms with Gasteiger partial charge in [-0.15, -0.1) is 0 Å². The Morgan fingerprint density at radius 3 is 1.25 bits per heavy atom. The van der Waals surface area contributed by atoms with Gasteiger partial charge in [0.1, 0.15) is 13.2 Å². The van der Waals surface area contributed by atoms with Gasteiger partial charge in [0, 0.05) is 12.8 Å². The number of rotatable bonds is 17. The van der Waals surface area contributed by atoms with Crippen molar-refractivity contribution in [1.29, 1.82) is 0 Å². The van der Waals surface area contributed by atoms with Crippen molar-refractivity contribution in [3.63, 3.8) is 0 Å². The number of unbranched alkanes of at least 4 members (excludes halogenated alkanes) is 4. The number of phosphoric acid groups is 2. The van der Waals surface area contributed by atoms with Gasteiger partial charge in [0.25, 0.3) is 0 Å². The summed E-state index contributed by atoms with van der Waals surface area (Å²) in [5, 5.41) is 0. The second-order valence-electron chi connectivity index (χ2n) is 5.71. The first-order valence-electron chi connectivity index (χ1n) is 8.71. The van der Waals surface area contributed by atoms with Gasteiger partial charge in [-0.1, -0.05) is 12.8 Å². The summed E-state index contributed by atoms with van der Waals surface area (Å²) >= 11 is 0. The number of ether oxygens (including phenoxy) is 2. The monoisotopic (exact) mass is 450 g/mol. The van der Waals surface area contributed by atoms with Crippen LogP contribution in [0, 0.1) is 0 Å². The number of esters is 2. The highest BCUT2D eigenvalue weighted by Crippen LogP contribution is 2.36. The molecule has 0 saturated heterocycles. The Labute approximate surface area is 163 Å². The SMILES string of the molecule is O=C(CCCCCOP(=O)(O)O)OCCOC(=O)CCCCCOP(=O)(O)O. The number of carbonyl (C=O) groups excluding carboxylic acids is 2. The van der Waals surface area contributed by atoms with E-state index in [1.165, 1.54) is 0 Å². The highest BCUT2D eigenvalue weighted by molar-refractivity contribution is 7.46. The summed E-state index contributed by atoms with van der Waals surface area (Å²) in [6.07, 6.45) is 3.14. The van der Waals surface area contributed by atoms with Gasteiger partial charge in [-0.05, 0) is 25.7 Å². The largest absolute Gasteiger partial charge is 0.469 e. The molecule has 0 amide bonds. The van der Waals surface area contributed by atoms with E-state index in [0.717, 1.165) is 0 Å². The molecule has 0 heterocycles. The highest BCUT2D eigenvalue weighted by Gasteiger charge is 2.13. The average Bonchev–Trinajstić information content (AvgIpc) is 2.56. The predicted octanol–water partition coefficient (Wildman–Crippen LogP) is 1.41. The van der Waals surface area contributed by atoms with Crippen molar-refractivity contribution < 1.29 is 56.8 Å². The second-order valence-corrected chi connectivity index (χ2v) is 8.19. The number of hydrogen-bond acceptors (Lipinski definition) is 8. The molecule has 0 unspecified atom stereocenters. The van der Waals surface area contributed by atoms with E-state index < -0.39 is 27.6 Å². The molecule has 0 aliphatic heterocycles. The van der Waals surface area contributed by atoms with Gasteiger partial charge in [-0.2, -0.15) is 0 Å². The summed E-state index contributed by atoms with van der Waals surface area (Å²) < 4.78 is 39.1. The zero-order chi connectivity index (χ0) is 21.5. The first kappa shape index (κ1) is 27.2. The van der Waals surface area contributed by atoms with Crippen LogP contribution in [0.25, 0.3) is 0 Å². The minimum absolute atomic E-state index is 0.0674. The van der Waals surface area contributed by atoms with Gasteiger partial charge in [0.15, 0.2) is 0 Å². The molecule has 0 atom stereocenters. The zero-order valence-corrected chi connectivity index (χ0v) is 17.2. The maximum atomic E-state index is 11.4. The Kier molecular flexibility index (Phi) is 14.6. The smallest absolute Gasteiger partial charge is 0.462 e. The van der Waals surface area contributed by atoms with Crippen molar-refractivity contribution in [1.82, 2.24) is 0 Å². The Morgan fingerprint density at radius 1 is 0.571 bits per heavy atom. The molecule has 0 spiro atoms. The molecule has 14 heteroatoms. The average molecular weight is 450 g/mol. The fourth-order valence-electron chi connectivity index (χ4n) is 1.92. The number of phosphoric ester groups is 2. The van der Waals surface area contributed by atoms with Crippen molar-refractivity contribution in [2.45, 2.75) is 51.4 Å². The van der Waals surface area contributed by atoms with Crippen LogP contribution in [0.1, 0.15) is 51.4 Å². The van der Waals surface area contributed by atoms with Crippen LogP contribution in [-0.4, -0.2) is 57.9 Å². The topological polar surface area (TPSA) is 186 Å². The summed E-state index contributed by atoms with van der Waals surface area (Å²) in [6, 6.07) is 0. The Balaban J connectivity index is 3.46. The number of hydrogen-bond donors (Lipinski definition) is 4. The first-order valence-corrected chi connectivity index (χ1v) is 11.8. The summed E-state index contributed by atoms with van der Waals surface area (Å²) in [5.74, 6) is -0.922. The molecule has 0 bridgehead atoms. The van der Waals surface area contributed by atoms with Crippen molar-refractivity contribution >= 4 is 27.6 Å². The molecule has 0 radical (unpaired) electrons. The minimum atomic E-state index is -4.45. The van der Waals surface area contributed by atoms with Crippen LogP contribution < -0.4 is 0 Å². The fourth-order valence-corrected chi connectivity index (χ4v) is 2.65. The lowest BCUT2D eigenvalue weighted by molar-refractivity contribution is -0.152. The summed E-state index contributed by atoms with van der Waals surface area (Å²) in [4.78, 5) is 56.8. The lowest BCUT2D eigenvalue weighted by Gasteiger charge is -2.07. The standard InChI is InChI=1S/C14H28O12P2/c15-13(7-3-1-5-9-25-27(17,18)19)23-11-12-24-14(16)8-4-2-6-10-26-28(20,21)22/h1-12H2,(H2,17,18,19)(H2,20,21,22). The maximum Gasteiger partial charge on any atom is 0.469 e. The predicted molar refractivity (Wildman–Crippen MR) is 94.8 cm³/mol. The van der Waals surface area contributed by atoms with Crippen molar-refractivity contribution in [2.75, 3.05) is 26.4 Å². The first-order chi connectivity index (χ1) is 13.0. The van der Waals surface area contributed by atoms with E-state index in [1.807, 2.05) is 0 Å². The molecule has 0 saturated carbocycles. The lowest BCUT2D eigenvalue weighted by atomic mass is 10.2. The third-order valence-corrected chi connectivity index (χ3v) is 4.22. The molecule has 12 nitrogen and oxygen atoms in total. The van der Waals surface area contributed by atoms with Gasteiger partial charge in [-0.25, -0.2) is 9.13 Å². The van der Waals surface area contributed by atoms with Gasteiger partial charge in [-0.3, -0.25) is 18.6 Å². The van der Waals surface area contributed by atoms with E-state index in [9.17, 15) is 18.7 Å². The molecule has 0 rings (SSSR count). The highest BCUT2D eigenvalue weighted by atomic mass is 31.2. The molecular formula is C14H28O12P2. The second kappa shape index (κ2) is 15.1. The van der Waals surface area contributed by atoms with E-state index in [4.69, 9.17) is 29.0 Å². The molecular weight excluding hydrogens is 422 g/mol. The third kappa shape index (κ3) is 21.5. The normalized spacial score (nSPS) is 12.0. The van der Waals surface area contributed by atoms with Crippen LogP contribution in [-0.2, 0) is 37.2 Å². The van der Waals surface area contributed by atoms with Gasteiger partial charge in [0.05, 0.1) is 13.2 Å². The molecule has 0 fully saturated rings. The van der Waals surface area contributed by atoms with E-state index in [-0.39, 0.29) is 39.3 Å². The molecule has 166 valence electrons. The maximum absolute atomic E-state index is 11.4.